The molecule has 4 aromatic rings. The molecule has 0 saturated carbocycles. The lowest BCUT2D eigenvalue weighted by molar-refractivity contribution is 0.495. The standard InChI is InChI=1S/2C24H28/c2*1-15-7-9-19-17(11-15)13-23(3,4)21(19)22-20-10-8-16(2)12-18(20)14-24(22,5)6/h2*7-12H,13-14H2,1-6H3/b2*22-21+. The lowest BCUT2D eigenvalue weighted by Crippen LogP contribution is -2.17. The van der Waals surface area contributed by atoms with Crippen LogP contribution in [0.2, 0.25) is 0 Å². The minimum Gasteiger partial charge on any atom is -0.0587 e. The van der Waals surface area contributed by atoms with E-state index < -0.39 is 0 Å². The lowest BCUT2D eigenvalue weighted by atomic mass is 9.74. The van der Waals surface area contributed by atoms with Gasteiger partial charge in [0.25, 0.3) is 0 Å². The zero-order valence-corrected chi connectivity index (χ0v) is 31.8. The van der Waals surface area contributed by atoms with Gasteiger partial charge in [-0.05, 0) is 142 Å². The Hall–Kier alpha value is -3.64. The molecule has 0 radical (unpaired) electrons. The van der Waals surface area contributed by atoms with Crippen molar-refractivity contribution in [3.8, 4) is 0 Å². The fourth-order valence-electron chi connectivity index (χ4n) is 10.1. The first-order valence-corrected chi connectivity index (χ1v) is 18.3. The van der Waals surface area contributed by atoms with Crippen LogP contribution in [0.5, 0.6) is 0 Å². The second-order valence-electron chi connectivity index (χ2n) is 18.4. The molecule has 4 aromatic carbocycles. The molecular weight excluding hydrogens is 577 g/mol. The van der Waals surface area contributed by atoms with Gasteiger partial charge in [-0.3, -0.25) is 0 Å². The fraction of sp³-hybridized carbons (Fsp3) is 0.417. The second kappa shape index (κ2) is 10.9. The van der Waals surface area contributed by atoms with Crippen molar-refractivity contribution in [1.29, 1.82) is 0 Å². The third kappa shape index (κ3) is 5.35. The molecule has 0 saturated heterocycles. The quantitative estimate of drug-likeness (QED) is 0.181. The molecule has 248 valence electrons. The molecule has 0 N–H and O–H groups in total. The smallest absolute Gasteiger partial charge is 0.00538 e. The van der Waals surface area contributed by atoms with Crippen molar-refractivity contribution < 1.29 is 0 Å². The van der Waals surface area contributed by atoms with Gasteiger partial charge in [-0.25, -0.2) is 0 Å². The molecule has 0 fully saturated rings. The van der Waals surface area contributed by atoms with Crippen molar-refractivity contribution in [3.63, 3.8) is 0 Å². The van der Waals surface area contributed by atoms with Crippen molar-refractivity contribution in [2.75, 3.05) is 0 Å². The summed E-state index contributed by atoms with van der Waals surface area (Å²) in [6.45, 7) is 28.2. The maximum Gasteiger partial charge on any atom is -0.00538 e. The molecule has 0 aromatic heterocycles. The average Bonchev–Trinajstić information content (AvgIpc) is 3.56. The zero-order chi connectivity index (χ0) is 34.6. The van der Waals surface area contributed by atoms with Crippen molar-refractivity contribution in [3.05, 3.63) is 140 Å². The van der Waals surface area contributed by atoms with Gasteiger partial charge < -0.3 is 0 Å². The van der Waals surface area contributed by atoms with Gasteiger partial charge in [0.1, 0.15) is 0 Å². The summed E-state index contributed by atoms with van der Waals surface area (Å²) in [7, 11) is 0. The Morgan fingerprint density at radius 1 is 0.312 bits per heavy atom. The third-order valence-corrected chi connectivity index (χ3v) is 11.9. The van der Waals surface area contributed by atoms with Crippen molar-refractivity contribution in [2.45, 2.75) is 109 Å². The van der Waals surface area contributed by atoms with Gasteiger partial charge in [0, 0.05) is 0 Å². The molecule has 8 rings (SSSR count). The van der Waals surface area contributed by atoms with E-state index in [9.17, 15) is 0 Å². The number of allylic oxidation sites excluding steroid dienone is 4. The molecule has 0 nitrogen and oxygen atoms in total. The van der Waals surface area contributed by atoms with Crippen LogP contribution in [0.3, 0.4) is 0 Å². The van der Waals surface area contributed by atoms with Gasteiger partial charge in [0.05, 0.1) is 0 Å². The van der Waals surface area contributed by atoms with E-state index in [0.29, 0.717) is 0 Å². The van der Waals surface area contributed by atoms with Crippen LogP contribution in [-0.2, 0) is 25.7 Å². The van der Waals surface area contributed by atoms with Crippen molar-refractivity contribution in [2.24, 2.45) is 21.7 Å². The summed E-state index contributed by atoms with van der Waals surface area (Å²) in [5.74, 6) is 0. The van der Waals surface area contributed by atoms with Crippen LogP contribution in [0.1, 0.15) is 122 Å². The van der Waals surface area contributed by atoms with Crippen molar-refractivity contribution >= 4 is 22.3 Å². The molecule has 0 heteroatoms. The molecule has 0 bridgehead atoms. The number of benzene rings is 4. The number of fused-ring (bicyclic) bond motifs is 4. The van der Waals surface area contributed by atoms with Crippen LogP contribution in [0.4, 0.5) is 0 Å². The maximum absolute atomic E-state index is 2.42. The first-order chi connectivity index (χ1) is 22.4. The average molecular weight is 633 g/mol. The monoisotopic (exact) mass is 632 g/mol. The first-order valence-electron chi connectivity index (χ1n) is 18.3. The van der Waals surface area contributed by atoms with E-state index >= 15 is 0 Å². The summed E-state index contributed by atoms with van der Waals surface area (Å²) in [6, 6.07) is 28.1. The van der Waals surface area contributed by atoms with Crippen LogP contribution >= 0.6 is 0 Å². The number of rotatable bonds is 0. The Morgan fingerprint density at radius 2 is 0.500 bits per heavy atom. The second-order valence-corrected chi connectivity index (χ2v) is 18.4. The molecule has 4 aliphatic carbocycles. The zero-order valence-electron chi connectivity index (χ0n) is 31.8. The van der Waals surface area contributed by atoms with E-state index in [0.717, 1.165) is 25.7 Å². The number of hydrogen-bond acceptors (Lipinski definition) is 0. The lowest BCUT2D eigenvalue weighted by Gasteiger charge is -2.30. The summed E-state index contributed by atoms with van der Waals surface area (Å²) in [5.41, 5.74) is 24.7. The van der Waals surface area contributed by atoms with E-state index in [1.807, 2.05) is 0 Å². The Morgan fingerprint density at radius 3 is 0.688 bits per heavy atom. The highest BCUT2D eigenvalue weighted by atomic mass is 14.5. The highest BCUT2D eigenvalue weighted by Crippen LogP contribution is 2.59. The Balaban J connectivity index is 0.000000152. The number of aryl methyl sites for hydroxylation is 4. The van der Waals surface area contributed by atoms with Crippen LogP contribution < -0.4 is 0 Å². The highest BCUT2D eigenvalue weighted by molar-refractivity contribution is 6.01. The van der Waals surface area contributed by atoms with Crippen LogP contribution in [0.25, 0.3) is 22.3 Å². The van der Waals surface area contributed by atoms with Gasteiger partial charge in [-0.2, -0.15) is 0 Å². The molecule has 48 heavy (non-hydrogen) atoms. The summed E-state index contributed by atoms with van der Waals surface area (Å²) < 4.78 is 0. The molecule has 0 unspecified atom stereocenters. The summed E-state index contributed by atoms with van der Waals surface area (Å²) in [4.78, 5) is 0. The Kier molecular flexibility index (Phi) is 7.49. The minimum absolute atomic E-state index is 0.204. The molecule has 0 atom stereocenters. The van der Waals surface area contributed by atoms with Gasteiger partial charge in [0.15, 0.2) is 0 Å². The number of hydrogen-bond donors (Lipinski definition) is 0. The van der Waals surface area contributed by atoms with Crippen molar-refractivity contribution in [1.82, 2.24) is 0 Å². The molecular formula is C48H56. The van der Waals surface area contributed by atoms with E-state index in [2.05, 4.69) is 156 Å². The predicted octanol–water partition coefficient (Wildman–Crippen LogP) is 12.8. The fourth-order valence-corrected chi connectivity index (χ4v) is 10.1. The molecule has 0 spiro atoms. The van der Waals surface area contributed by atoms with Crippen LogP contribution in [0, 0.1) is 49.4 Å². The minimum atomic E-state index is 0.204. The summed E-state index contributed by atoms with van der Waals surface area (Å²) in [6.07, 6.45) is 4.61. The van der Waals surface area contributed by atoms with E-state index in [1.54, 1.807) is 22.3 Å². The van der Waals surface area contributed by atoms with Crippen LogP contribution in [-0.4, -0.2) is 0 Å². The van der Waals surface area contributed by atoms with Crippen LogP contribution in [0.15, 0.2) is 72.8 Å². The maximum atomic E-state index is 2.42. The molecule has 0 aliphatic heterocycles. The third-order valence-electron chi connectivity index (χ3n) is 11.9. The Bertz CT molecular complexity index is 1750. The largest absolute Gasteiger partial charge is 0.0587 e. The highest BCUT2D eigenvalue weighted by Gasteiger charge is 2.44. The normalized spacial score (nSPS) is 23.2. The first kappa shape index (κ1) is 32.9. The van der Waals surface area contributed by atoms with E-state index in [-0.39, 0.29) is 21.7 Å². The summed E-state index contributed by atoms with van der Waals surface area (Å²) >= 11 is 0. The Labute approximate surface area is 291 Å². The topological polar surface area (TPSA) is 0 Å². The van der Waals surface area contributed by atoms with Gasteiger partial charge in [-0.1, -0.05) is 150 Å². The van der Waals surface area contributed by atoms with Gasteiger partial charge in [0.2, 0.25) is 0 Å². The van der Waals surface area contributed by atoms with Gasteiger partial charge in [-0.15, -0.1) is 0 Å². The van der Waals surface area contributed by atoms with E-state index in [1.165, 1.54) is 66.8 Å². The van der Waals surface area contributed by atoms with E-state index in [4.69, 9.17) is 0 Å². The molecule has 4 aliphatic rings. The SMILES string of the molecule is Cc1ccc2c(c1)CC(C)(C)/C2=C1\c2ccc(C)cc2CC1(C)C.Cc1ccc2c(c1)CC(C)(C)/C2=C1\c2ccc(C)cc2CC1(C)C. The molecule has 0 heterocycles. The summed E-state index contributed by atoms with van der Waals surface area (Å²) in [5, 5.41) is 0. The van der Waals surface area contributed by atoms with Gasteiger partial charge >= 0.3 is 0 Å². The predicted molar refractivity (Wildman–Crippen MR) is 208 cm³/mol. The molecule has 0 amide bonds.